The minimum Gasteiger partial charge on any atom is -0.381 e. The van der Waals surface area contributed by atoms with Crippen LogP contribution in [0.4, 0.5) is 0 Å². The van der Waals surface area contributed by atoms with Gasteiger partial charge in [0.25, 0.3) is 0 Å². The summed E-state index contributed by atoms with van der Waals surface area (Å²) in [6, 6.07) is 0.619. The van der Waals surface area contributed by atoms with E-state index in [4.69, 9.17) is 9.72 Å². The maximum absolute atomic E-state index is 5.47. The van der Waals surface area contributed by atoms with Crippen molar-refractivity contribution in [1.29, 1.82) is 0 Å². The third-order valence-corrected chi connectivity index (χ3v) is 3.87. The Morgan fingerprint density at radius 1 is 1.41 bits per heavy atom. The fourth-order valence-corrected chi connectivity index (χ4v) is 3.01. The van der Waals surface area contributed by atoms with Crippen molar-refractivity contribution < 1.29 is 4.74 Å². The van der Waals surface area contributed by atoms with Crippen LogP contribution in [0, 0.1) is 0 Å². The third kappa shape index (κ3) is 2.00. The number of nitrogens with one attached hydrogen (secondary N) is 1. The van der Waals surface area contributed by atoms with E-state index in [2.05, 4.69) is 16.8 Å². The van der Waals surface area contributed by atoms with Crippen molar-refractivity contribution in [1.82, 2.24) is 14.9 Å². The molecule has 0 atom stereocenters. The molecule has 1 aromatic heterocycles. The zero-order chi connectivity index (χ0) is 11.7. The molecule has 94 valence electrons. The van der Waals surface area contributed by atoms with Crippen LogP contribution in [0.1, 0.15) is 43.0 Å². The van der Waals surface area contributed by atoms with Crippen molar-refractivity contribution in [2.24, 2.45) is 0 Å². The van der Waals surface area contributed by atoms with Gasteiger partial charge in [0.1, 0.15) is 5.82 Å². The molecule has 4 nitrogen and oxygen atoms in total. The van der Waals surface area contributed by atoms with Crippen LogP contribution in [0.2, 0.25) is 0 Å². The van der Waals surface area contributed by atoms with Crippen LogP contribution < -0.4 is 5.32 Å². The number of hydrogen-bond donors (Lipinski definition) is 1. The Kier molecular flexibility index (Phi) is 3.16. The third-order valence-electron chi connectivity index (χ3n) is 3.87. The Bertz CT molecular complexity index is 394. The summed E-state index contributed by atoms with van der Waals surface area (Å²) in [4.78, 5) is 4.80. The lowest BCUT2D eigenvalue weighted by Gasteiger charge is -2.27. The van der Waals surface area contributed by atoms with Crippen LogP contribution in [0.15, 0.2) is 0 Å². The summed E-state index contributed by atoms with van der Waals surface area (Å²) in [5.41, 5.74) is 2.76. The van der Waals surface area contributed by atoms with Gasteiger partial charge in [-0.15, -0.1) is 0 Å². The molecule has 0 unspecified atom stereocenters. The van der Waals surface area contributed by atoms with Gasteiger partial charge < -0.3 is 14.6 Å². The van der Waals surface area contributed by atoms with E-state index < -0.39 is 0 Å². The van der Waals surface area contributed by atoms with E-state index in [0.29, 0.717) is 6.04 Å². The van der Waals surface area contributed by atoms with E-state index in [-0.39, 0.29) is 0 Å². The molecular formula is C13H21N3O. The number of nitrogens with zero attached hydrogens (tertiary/aromatic N) is 2. The topological polar surface area (TPSA) is 39.1 Å². The molecule has 17 heavy (non-hydrogen) atoms. The van der Waals surface area contributed by atoms with Gasteiger partial charge in [0.05, 0.1) is 5.69 Å². The minimum atomic E-state index is 0.619. The second kappa shape index (κ2) is 4.78. The van der Waals surface area contributed by atoms with E-state index in [9.17, 15) is 0 Å². The summed E-state index contributed by atoms with van der Waals surface area (Å²) in [7, 11) is 0. The van der Waals surface area contributed by atoms with E-state index in [1.54, 1.807) is 0 Å². The minimum absolute atomic E-state index is 0.619. The first-order chi connectivity index (χ1) is 8.40. The summed E-state index contributed by atoms with van der Waals surface area (Å²) in [5.74, 6) is 1.27. The summed E-state index contributed by atoms with van der Waals surface area (Å²) in [5, 5.41) is 3.41. The molecule has 3 heterocycles. The molecule has 2 aliphatic heterocycles. The Hall–Kier alpha value is -0.870. The van der Waals surface area contributed by atoms with Crippen LogP contribution in [-0.2, 0) is 24.1 Å². The van der Waals surface area contributed by atoms with Crippen molar-refractivity contribution in [3.05, 3.63) is 17.2 Å². The van der Waals surface area contributed by atoms with E-state index in [1.807, 2.05) is 0 Å². The van der Waals surface area contributed by atoms with Gasteiger partial charge in [-0.3, -0.25) is 0 Å². The van der Waals surface area contributed by atoms with Crippen molar-refractivity contribution in [3.63, 3.8) is 0 Å². The number of aryl methyl sites for hydroxylation is 1. The highest BCUT2D eigenvalue weighted by Gasteiger charge is 2.25. The van der Waals surface area contributed by atoms with Gasteiger partial charge in [-0.2, -0.15) is 0 Å². The second-order valence-corrected chi connectivity index (χ2v) is 4.92. The fourth-order valence-electron chi connectivity index (χ4n) is 3.01. The number of fused-ring (bicyclic) bond motifs is 1. The molecule has 1 N–H and O–H groups in total. The molecule has 1 aromatic rings. The average molecular weight is 235 g/mol. The Balaban J connectivity index is 1.97. The van der Waals surface area contributed by atoms with Gasteiger partial charge in [-0.1, -0.05) is 6.92 Å². The van der Waals surface area contributed by atoms with Crippen LogP contribution in [0.3, 0.4) is 0 Å². The standard InChI is InChI=1S/C13H21N3O/c1-2-13-15-11-9-14-6-3-12(11)16(13)10-4-7-17-8-5-10/h10,14H,2-9H2,1H3. The zero-order valence-corrected chi connectivity index (χ0v) is 10.5. The Labute approximate surface area is 102 Å². The lowest BCUT2D eigenvalue weighted by Crippen LogP contribution is -2.28. The van der Waals surface area contributed by atoms with Gasteiger partial charge in [-0.25, -0.2) is 4.98 Å². The quantitative estimate of drug-likeness (QED) is 0.843. The molecule has 0 saturated carbocycles. The first kappa shape index (κ1) is 11.2. The lowest BCUT2D eigenvalue weighted by atomic mass is 10.1. The zero-order valence-electron chi connectivity index (χ0n) is 10.5. The van der Waals surface area contributed by atoms with Gasteiger partial charge in [-0.05, 0) is 12.8 Å². The summed E-state index contributed by atoms with van der Waals surface area (Å²) < 4.78 is 8.00. The molecule has 1 saturated heterocycles. The van der Waals surface area contributed by atoms with E-state index in [1.165, 1.54) is 17.2 Å². The summed E-state index contributed by atoms with van der Waals surface area (Å²) >= 11 is 0. The SMILES string of the molecule is CCc1nc2c(n1C1CCOCC1)CCNC2. The van der Waals surface area contributed by atoms with E-state index in [0.717, 1.165) is 52.0 Å². The van der Waals surface area contributed by atoms with Crippen molar-refractivity contribution in [2.75, 3.05) is 19.8 Å². The normalized spacial score (nSPS) is 21.5. The first-order valence-corrected chi connectivity index (χ1v) is 6.77. The second-order valence-electron chi connectivity index (χ2n) is 4.92. The summed E-state index contributed by atoms with van der Waals surface area (Å²) in [6.45, 7) is 6.04. The fraction of sp³-hybridized carbons (Fsp3) is 0.769. The first-order valence-electron chi connectivity index (χ1n) is 6.77. The average Bonchev–Trinajstić information content (AvgIpc) is 2.78. The Morgan fingerprint density at radius 2 is 2.24 bits per heavy atom. The molecular weight excluding hydrogens is 214 g/mol. The van der Waals surface area contributed by atoms with Gasteiger partial charge in [0.2, 0.25) is 0 Å². The molecule has 3 rings (SSSR count). The molecule has 0 amide bonds. The largest absolute Gasteiger partial charge is 0.381 e. The van der Waals surface area contributed by atoms with Gasteiger partial charge >= 0.3 is 0 Å². The number of rotatable bonds is 2. The van der Waals surface area contributed by atoms with Crippen LogP contribution in [0.5, 0.6) is 0 Å². The lowest BCUT2D eigenvalue weighted by molar-refractivity contribution is 0.0680. The van der Waals surface area contributed by atoms with Crippen LogP contribution in [0.25, 0.3) is 0 Å². The molecule has 0 aliphatic carbocycles. The molecule has 2 aliphatic rings. The summed E-state index contributed by atoms with van der Waals surface area (Å²) in [6.07, 6.45) is 4.44. The predicted octanol–water partition coefficient (Wildman–Crippen LogP) is 1.44. The molecule has 0 bridgehead atoms. The number of hydrogen-bond acceptors (Lipinski definition) is 3. The monoisotopic (exact) mass is 235 g/mol. The van der Waals surface area contributed by atoms with Crippen LogP contribution in [-0.4, -0.2) is 29.3 Å². The number of ether oxygens (including phenoxy) is 1. The van der Waals surface area contributed by atoms with Gasteiger partial charge in [0.15, 0.2) is 0 Å². The highest BCUT2D eigenvalue weighted by atomic mass is 16.5. The van der Waals surface area contributed by atoms with Crippen molar-refractivity contribution in [3.8, 4) is 0 Å². The molecule has 0 radical (unpaired) electrons. The Morgan fingerprint density at radius 3 is 3.00 bits per heavy atom. The molecule has 1 fully saturated rings. The van der Waals surface area contributed by atoms with Crippen molar-refractivity contribution in [2.45, 2.75) is 45.2 Å². The predicted molar refractivity (Wildman–Crippen MR) is 66.1 cm³/mol. The molecule has 0 spiro atoms. The van der Waals surface area contributed by atoms with E-state index >= 15 is 0 Å². The number of imidazole rings is 1. The van der Waals surface area contributed by atoms with Crippen molar-refractivity contribution >= 4 is 0 Å². The number of aromatic nitrogens is 2. The highest BCUT2D eigenvalue weighted by Crippen LogP contribution is 2.28. The smallest absolute Gasteiger partial charge is 0.109 e. The van der Waals surface area contributed by atoms with Gasteiger partial charge in [0, 0.05) is 50.9 Å². The maximum Gasteiger partial charge on any atom is 0.109 e. The molecule has 0 aromatic carbocycles. The van der Waals surface area contributed by atoms with Crippen LogP contribution >= 0.6 is 0 Å². The molecule has 4 heteroatoms. The maximum atomic E-state index is 5.47. The highest BCUT2D eigenvalue weighted by molar-refractivity contribution is 5.21.